The average Bonchev–Trinajstić information content (AvgIpc) is 3.13. The van der Waals surface area contributed by atoms with E-state index in [1.807, 2.05) is 42.5 Å². The fourth-order valence-corrected chi connectivity index (χ4v) is 3.17. The van der Waals surface area contributed by atoms with Crippen molar-refractivity contribution in [3.63, 3.8) is 0 Å². The van der Waals surface area contributed by atoms with Crippen molar-refractivity contribution in [3.05, 3.63) is 76.8 Å². The zero-order valence-electron chi connectivity index (χ0n) is 15.3. The Bertz CT molecular complexity index is 1150. The monoisotopic (exact) mass is 375 g/mol. The summed E-state index contributed by atoms with van der Waals surface area (Å²) in [6.45, 7) is 0. The summed E-state index contributed by atoms with van der Waals surface area (Å²) in [5.41, 5.74) is 3.21. The van der Waals surface area contributed by atoms with Crippen molar-refractivity contribution in [3.8, 4) is 28.4 Å². The topological polar surface area (TPSA) is 79.4 Å². The van der Waals surface area contributed by atoms with Gasteiger partial charge in [0.05, 0.1) is 35.7 Å². The van der Waals surface area contributed by atoms with Crippen LogP contribution in [0, 0.1) is 10.1 Å². The Balaban J connectivity index is 2.02. The van der Waals surface area contributed by atoms with E-state index in [9.17, 15) is 10.1 Å². The van der Waals surface area contributed by atoms with Gasteiger partial charge in [-0.1, -0.05) is 30.3 Å². The first kappa shape index (κ1) is 17.5. The molecule has 140 valence electrons. The summed E-state index contributed by atoms with van der Waals surface area (Å²) in [6.07, 6.45) is 0. The van der Waals surface area contributed by atoms with E-state index < -0.39 is 4.92 Å². The lowest BCUT2D eigenvalue weighted by Gasteiger charge is -2.08. The maximum absolute atomic E-state index is 11.0. The molecule has 1 aromatic heterocycles. The summed E-state index contributed by atoms with van der Waals surface area (Å²) in [5, 5.41) is 16.6. The summed E-state index contributed by atoms with van der Waals surface area (Å²) >= 11 is 0. The van der Waals surface area contributed by atoms with Crippen molar-refractivity contribution in [2.45, 2.75) is 0 Å². The Morgan fingerprint density at radius 2 is 1.68 bits per heavy atom. The zero-order valence-corrected chi connectivity index (χ0v) is 15.3. The quantitative estimate of drug-likeness (QED) is 0.376. The van der Waals surface area contributed by atoms with E-state index in [2.05, 4.69) is 0 Å². The molecule has 7 heteroatoms. The molecule has 0 unspecified atom stereocenters. The lowest BCUT2D eigenvalue weighted by molar-refractivity contribution is -0.384. The molecule has 4 aromatic rings. The number of hydrogen-bond acceptors (Lipinski definition) is 5. The summed E-state index contributed by atoms with van der Waals surface area (Å²) in [7, 11) is 3.19. The second-order valence-corrected chi connectivity index (χ2v) is 6.12. The fourth-order valence-electron chi connectivity index (χ4n) is 3.17. The van der Waals surface area contributed by atoms with Gasteiger partial charge in [0, 0.05) is 29.8 Å². The van der Waals surface area contributed by atoms with Crippen LogP contribution >= 0.6 is 0 Å². The van der Waals surface area contributed by atoms with Gasteiger partial charge in [0.1, 0.15) is 17.2 Å². The van der Waals surface area contributed by atoms with Gasteiger partial charge in [-0.3, -0.25) is 10.1 Å². The van der Waals surface area contributed by atoms with Gasteiger partial charge in [-0.15, -0.1) is 0 Å². The van der Waals surface area contributed by atoms with Crippen molar-refractivity contribution in [1.82, 2.24) is 9.78 Å². The highest BCUT2D eigenvalue weighted by Gasteiger charge is 2.19. The molecule has 0 atom stereocenters. The van der Waals surface area contributed by atoms with Crippen LogP contribution in [0.25, 0.3) is 27.8 Å². The molecule has 1 heterocycles. The van der Waals surface area contributed by atoms with Gasteiger partial charge in [-0.2, -0.15) is 5.10 Å². The van der Waals surface area contributed by atoms with Crippen LogP contribution in [0.1, 0.15) is 0 Å². The number of rotatable bonds is 5. The van der Waals surface area contributed by atoms with Crippen molar-refractivity contribution in [2.24, 2.45) is 0 Å². The minimum Gasteiger partial charge on any atom is -0.497 e. The Hall–Kier alpha value is -3.87. The third kappa shape index (κ3) is 2.92. The van der Waals surface area contributed by atoms with Gasteiger partial charge in [0.25, 0.3) is 5.69 Å². The predicted octanol–water partition coefficient (Wildman–Crippen LogP) is 4.62. The normalized spacial score (nSPS) is 10.8. The smallest absolute Gasteiger partial charge is 0.269 e. The molecule has 28 heavy (non-hydrogen) atoms. The van der Waals surface area contributed by atoms with E-state index in [-0.39, 0.29) is 5.69 Å². The maximum Gasteiger partial charge on any atom is 0.269 e. The summed E-state index contributed by atoms with van der Waals surface area (Å²) < 4.78 is 12.8. The molecule has 4 rings (SSSR count). The molecule has 3 aromatic carbocycles. The van der Waals surface area contributed by atoms with Crippen LogP contribution in [-0.4, -0.2) is 28.9 Å². The Labute approximate surface area is 160 Å². The van der Waals surface area contributed by atoms with E-state index in [4.69, 9.17) is 14.6 Å². The molecule has 0 saturated heterocycles. The molecule has 0 saturated carbocycles. The van der Waals surface area contributed by atoms with E-state index >= 15 is 0 Å². The van der Waals surface area contributed by atoms with Crippen LogP contribution in [-0.2, 0) is 0 Å². The van der Waals surface area contributed by atoms with Crippen LogP contribution in [0.3, 0.4) is 0 Å². The molecule has 0 aliphatic carbocycles. The molecular formula is C21H17N3O4. The minimum absolute atomic E-state index is 0.0265. The molecular weight excluding hydrogens is 358 g/mol. The average molecular weight is 375 g/mol. The Morgan fingerprint density at radius 3 is 2.29 bits per heavy atom. The second kappa shape index (κ2) is 7.03. The van der Waals surface area contributed by atoms with Crippen LogP contribution in [0.5, 0.6) is 11.5 Å². The number of benzene rings is 3. The first-order valence-electron chi connectivity index (χ1n) is 8.57. The first-order chi connectivity index (χ1) is 13.6. The van der Waals surface area contributed by atoms with Crippen LogP contribution in [0.2, 0.25) is 0 Å². The fraction of sp³-hybridized carbons (Fsp3) is 0.0952. The highest BCUT2D eigenvalue weighted by atomic mass is 16.6. The lowest BCUT2D eigenvalue weighted by atomic mass is 10.1. The SMILES string of the molecule is COc1cc(OC)c2c(-c3ccccc3)nn(-c3ccc([N+](=O)[O-])cc3)c2c1. The number of nitrogens with zero attached hydrogens (tertiary/aromatic N) is 3. The maximum atomic E-state index is 11.0. The van der Waals surface area contributed by atoms with E-state index in [0.717, 1.165) is 22.2 Å². The standard InChI is InChI=1S/C21H17N3O4/c1-27-17-12-18-20(19(13-17)28-2)21(14-6-4-3-5-7-14)22-23(18)15-8-10-16(11-9-15)24(25)26/h3-13H,1-2H3. The molecule has 0 aliphatic heterocycles. The number of non-ortho nitro benzene ring substituents is 1. The first-order valence-corrected chi connectivity index (χ1v) is 8.57. The summed E-state index contributed by atoms with van der Waals surface area (Å²) in [5.74, 6) is 1.27. The summed E-state index contributed by atoms with van der Waals surface area (Å²) in [4.78, 5) is 10.5. The zero-order chi connectivity index (χ0) is 19.7. The molecule has 0 amide bonds. The lowest BCUT2D eigenvalue weighted by Crippen LogP contribution is -1.97. The van der Waals surface area contributed by atoms with E-state index in [0.29, 0.717) is 17.2 Å². The van der Waals surface area contributed by atoms with Gasteiger partial charge in [0.2, 0.25) is 0 Å². The minimum atomic E-state index is -0.424. The van der Waals surface area contributed by atoms with Crippen LogP contribution < -0.4 is 9.47 Å². The number of aromatic nitrogens is 2. The molecule has 0 aliphatic rings. The van der Waals surface area contributed by atoms with Crippen molar-refractivity contribution in [2.75, 3.05) is 14.2 Å². The number of ether oxygens (including phenoxy) is 2. The number of hydrogen-bond donors (Lipinski definition) is 0. The molecule has 0 N–H and O–H groups in total. The molecule has 0 bridgehead atoms. The predicted molar refractivity (Wildman–Crippen MR) is 106 cm³/mol. The van der Waals surface area contributed by atoms with Crippen molar-refractivity contribution < 1.29 is 14.4 Å². The highest BCUT2D eigenvalue weighted by molar-refractivity contribution is 5.99. The number of fused-ring (bicyclic) bond motifs is 1. The van der Waals surface area contributed by atoms with Gasteiger partial charge < -0.3 is 9.47 Å². The van der Waals surface area contributed by atoms with Gasteiger partial charge in [-0.05, 0) is 12.1 Å². The molecule has 0 fully saturated rings. The number of methoxy groups -OCH3 is 2. The third-order valence-corrected chi connectivity index (χ3v) is 4.53. The number of nitro groups is 1. The van der Waals surface area contributed by atoms with Crippen molar-refractivity contribution in [1.29, 1.82) is 0 Å². The van der Waals surface area contributed by atoms with Gasteiger partial charge in [0.15, 0.2) is 0 Å². The van der Waals surface area contributed by atoms with Gasteiger partial charge >= 0.3 is 0 Å². The van der Waals surface area contributed by atoms with E-state index in [1.54, 1.807) is 31.0 Å². The van der Waals surface area contributed by atoms with Gasteiger partial charge in [-0.25, -0.2) is 4.68 Å². The molecule has 0 spiro atoms. The van der Waals surface area contributed by atoms with Crippen LogP contribution in [0.4, 0.5) is 5.69 Å². The molecule has 0 radical (unpaired) electrons. The molecule has 7 nitrogen and oxygen atoms in total. The Morgan fingerprint density at radius 1 is 0.964 bits per heavy atom. The summed E-state index contributed by atoms with van der Waals surface area (Å²) in [6, 6.07) is 19.7. The largest absolute Gasteiger partial charge is 0.497 e. The third-order valence-electron chi connectivity index (χ3n) is 4.53. The van der Waals surface area contributed by atoms with E-state index in [1.165, 1.54) is 12.1 Å². The van der Waals surface area contributed by atoms with Crippen LogP contribution in [0.15, 0.2) is 66.7 Å². The number of nitro benzene ring substituents is 1. The highest BCUT2D eigenvalue weighted by Crippen LogP contribution is 2.39. The van der Waals surface area contributed by atoms with Crippen molar-refractivity contribution >= 4 is 16.6 Å². The Kier molecular flexibility index (Phi) is 4.41. The second-order valence-electron chi connectivity index (χ2n) is 6.12.